The molecule has 3 heterocycles. The molecule has 9 nitrogen and oxygen atoms in total. The van der Waals surface area contributed by atoms with Gasteiger partial charge in [-0.2, -0.15) is 0 Å². The van der Waals surface area contributed by atoms with Crippen molar-refractivity contribution in [1.82, 2.24) is 14.9 Å². The Bertz CT molecular complexity index is 1690. The summed E-state index contributed by atoms with van der Waals surface area (Å²) in [5.41, 5.74) is 5.60. The van der Waals surface area contributed by atoms with Crippen LogP contribution in [-0.4, -0.2) is 54.8 Å². The van der Waals surface area contributed by atoms with Crippen LogP contribution in [0.3, 0.4) is 0 Å². The molecule has 1 saturated heterocycles. The van der Waals surface area contributed by atoms with E-state index in [0.29, 0.717) is 23.4 Å². The second-order valence-corrected chi connectivity index (χ2v) is 14.4. The number of benzene rings is 2. The third kappa shape index (κ3) is 6.10. The summed E-state index contributed by atoms with van der Waals surface area (Å²) in [7, 11) is -1.33. The van der Waals surface area contributed by atoms with Crippen molar-refractivity contribution in [2.45, 2.75) is 76.6 Å². The van der Waals surface area contributed by atoms with E-state index in [1.807, 2.05) is 33.0 Å². The molecule has 4 aromatic rings. The number of sulfone groups is 1. The standard InChI is InChI=1S/C32H42N6O3S/c1-19(2)41-27-17-24(23-12-14-38(7)15-13-23)21(5)16-26(27)35-32-36-30-29(22(6)18-33-30)31(37-32)34-25-10-8-9-11-28(25)42(39,40)20(3)4/h8-11,16-20,23H,12-15H2,1-7H3,(H3,33,34,35,36,37)/p+1. The van der Waals surface area contributed by atoms with Gasteiger partial charge >= 0.3 is 5.95 Å². The number of likely N-dealkylation sites (tertiary alicyclic amines) is 1. The van der Waals surface area contributed by atoms with Crippen LogP contribution in [0.25, 0.3) is 11.0 Å². The lowest BCUT2D eigenvalue weighted by atomic mass is 9.86. The Morgan fingerprint density at radius 3 is 2.43 bits per heavy atom. The average molecular weight is 592 g/mol. The van der Waals surface area contributed by atoms with Crippen LogP contribution in [0.5, 0.6) is 5.75 Å². The van der Waals surface area contributed by atoms with Crippen LogP contribution in [0.2, 0.25) is 0 Å². The van der Waals surface area contributed by atoms with Crippen molar-refractivity contribution in [3.05, 3.63) is 59.3 Å². The monoisotopic (exact) mass is 591 g/mol. The summed E-state index contributed by atoms with van der Waals surface area (Å²) in [4.78, 5) is 14.2. The number of piperidine rings is 1. The quantitative estimate of drug-likeness (QED) is 0.211. The summed E-state index contributed by atoms with van der Waals surface area (Å²) in [6, 6.07) is 11.3. The van der Waals surface area contributed by atoms with Gasteiger partial charge in [0.05, 0.1) is 21.9 Å². The molecule has 0 unspecified atom stereocenters. The van der Waals surface area contributed by atoms with Crippen molar-refractivity contribution in [3.63, 3.8) is 0 Å². The number of ether oxygens (including phenoxy) is 1. The third-order valence-corrected chi connectivity index (χ3v) is 10.2. The molecule has 1 aliphatic rings. The number of nitrogens with zero attached hydrogens (tertiary/aromatic N) is 2. The van der Waals surface area contributed by atoms with Gasteiger partial charge in [-0.3, -0.25) is 10.3 Å². The zero-order valence-electron chi connectivity index (χ0n) is 25.6. The second-order valence-electron chi connectivity index (χ2n) is 11.9. The van der Waals surface area contributed by atoms with Crippen molar-refractivity contribution in [2.75, 3.05) is 30.8 Å². The maximum atomic E-state index is 13.1. The zero-order chi connectivity index (χ0) is 30.2. The first-order valence-corrected chi connectivity index (χ1v) is 16.3. The smallest absolute Gasteiger partial charge is 0.351 e. The van der Waals surface area contributed by atoms with Gasteiger partial charge in [0.25, 0.3) is 0 Å². The molecule has 0 saturated carbocycles. The number of hydrogen-bond donors (Lipinski definition) is 3. The minimum absolute atomic E-state index is 0.000654. The highest BCUT2D eigenvalue weighted by molar-refractivity contribution is 7.92. The maximum absolute atomic E-state index is 13.1. The SMILES string of the molecule is Cc1cc(Nc2nc(Nc3ccccc3S(=O)(=O)C(C)C)c3c(C)c[nH]c3[nH+]2)c(OC(C)C)cc1C1CCN(C)CC1. The lowest BCUT2D eigenvalue weighted by Crippen LogP contribution is -2.29. The molecule has 224 valence electrons. The number of aryl methyl sites for hydroxylation is 2. The van der Waals surface area contributed by atoms with Crippen molar-refractivity contribution in [3.8, 4) is 5.75 Å². The van der Waals surface area contributed by atoms with Gasteiger partial charge in [-0.05, 0) is 121 Å². The fourth-order valence-electron chi connectivity index (χ4n) is 5.63. The molecule has 2 aromatic heterocycles. The number of para-hydroxylation sites is 1. The highest BCUT2D eigenvalue weighted by Gasteiger charge is 2.26. The van der Waals surface area contributed by atoms with Crippen molar-refractivity contribution in [1.29, 1.82) is 0 Å². The highest BCUT2D eigenvalue weighted by Crippen LogP contribution is 2.38. The molecule has 1 fully saturated rings. The van der Waals surface area contributed by atoms with Gasteiger partial charge in [-0.1, -0.05) is 17.1 Å². The Labute approximate surface area is 249 Å². The molecule has 1 aliphatic heterocycles. The molecule has 2 aromatic carbocycles. The molecule has 0 radical (unpaired) electrons. The minimum Gasteiger partial charge on any atom is -0.488 e. The number of anilines is 4. The lowest BCUT2D eigenvalue weighted by molar-refractivity contribution is -0.333. The number of rotatable bonds is 9. The van der Waals surface area contributed by atoms with E-state index in [4.69, 9.17) is 9.72 Å². The van der Waals surface area contributed by atoms with E-state index in [1.54, 1.807) is 32.0 Å². The van der Waals surface area contributed by atoms with Crippen molar-refractivity contribution < 1.29 is 18.1 Å². The van der Waals surface area contributed by atoms with E-state index >= 15 is 0 Å². The number of nitrogens with one attached hydrogen (secondary N) is 4. The summed E-state index contributed by atoms with van der Waals surface area (Å²) < 4.78 is 32.6. The topological polar surface area (TPSA) is 113 Å². The predicted molar refractivity (Wildman–Crippen MR) is 169 cm³/mol. The number of H-pyrrole nitrogens is 2. The molecule has 5 rings (SSSR count). The van der Waals surface area contributed by atoms with E-state index in [2.05, 4.69) is 51.6 Å². The number of aromatic amines is 2. The first kappa shape index (κ1) is 29.8. The average Bonchev–Trinajstić information content (AvgIpc) is 3.31. The van der Waals surface area contributed by atoms with Gasteiger partial charge in [-0.15, -0.1) is 0 Å². The van der Waals surface area contributed by atoms with Crippen LogP contribution in [0.1, 0.15) is 63.1 Å². The first-order valence-electron chi connectivity index (χ1n) is 14.7. The number of hydrogen-bond acceptors (Lipinski definition) is 7. The normalized spacial score (nSPS) is 15.1. The molecule has 0 spiro atoms. The van der Waals surface area contributed by atoms with E-state index < -0.39 is 15.1 Å². The summed E-state index contributed by atoms with van der Waals surface area (Å²) in [5.74, 6) is 2.33. The molecule has 0 atom stereocenters. The number of fused-ring (bicyclic) bond motifs is 1. The largest absolute Gasteiger partial charge is 0.488 e. The van der Waals surface area contributed by atoms with Crippen molar-refractivity contribution in [2.24, 2.45) is 0 Å². The van der Waals surface area contributed by atoms with Crippen LogP contribution >= 0.6 is 0 Å². The van der Waals surface area contributed by atoms with Crippen LogP contribution < -0.4 is 20.4 Å². The summed E-state index contributed by atoms with van der Waals surface area (Å²) >= 11 is 0. The van der Waals surface area contributed by atoms with E-state index in [0.717, 1.165) is 54.0 Å². The zero-order valence-corrected chi connectivity index (χ0v) is 26.4. The van der Waals surface area contributed by atoms with E-state index in [9.17, 15) is 8.42 Å². The van der Waals surface area contributed by atoms with Gasteiger partial charge in [0.1, 0.15) is 11.1 Å². The molecular weight excluding hydrogens is 548 g/mol. The first-order chi connectivity index (χ1) is 19.9. The van der Waals surface area contributed by atoms with Crippen LogP contribution in [0.15, 0.2) is 47.5 Å². The Morgan fingerprint density at radius 2 is 1.74 bits per heavy atom. The molecule has 0 amide bonds. The summed E-state index contributed by atoms with van der Waals surface area (Å²) in [6.45, 7) is 13.8. The fraction of sp³-hybridized carbons (Fsp3) is 0.438. The van der Waals surface area contributed by atoms with Gasteiger partial charge in [0.15, 0.2) is 15.6 Å². The van der Waals surface area contributed by atoms with Gasteiger partial charge in [0, 0.05) is 6.20 Å². The number of aromatic nitrogens is 3. The van der Waals surface area contributed by atoms with Gasteiger partial charge in [0.2, 0.25) is 11.5 Å². The lowest BCUT2D eigenvalue weighted by Gasteiger charge is -2.30. The molecule has 42 heavy (non-hydrogen) atoms. The van der Waals surface area contributed by atoms with E-state index in [-0.39, 0.29) is 11.0 Å². The Kier molecular flexibility index (Phi) is 8.48. The Morgan fingerprint density at radius 1 is 1.02 bits per heavy atom. The molecule has 10 heteroatoms. The van der Waals surface area contributed by atoms with Crippen molar-refractivity contribution >= 4 is 44.0 Å². The molecule has 4 N–H and O–H groups in total. The predicted octanol–water partition coefficient (Wildman–Crippen LogP) is 6.26. The van der Waals surface area contributed by atoms with Gasteiger partial charge in [-0.25, -0.2) is 13.4 Å². The summed E-state index contributed by atoms with van der Waals surface area (Å²) in [6.07, 6.45) is 4.17. The second kappa shape index (κ2) is 11.9. The Hall–Kier alpha value is -3.63. The molecular formula is C32H43N6O3S+. The molecule has 0 bridgehead atoms. The molecule has 0 aliphatic carbocycles. The Balaban J connectivity index is 1.55. The van der Waals surface area contributed by atoms with Gasteiger partial charge < -0.3 is 15.0 Å². The third-order valence-electron chi connectivity index (χ3n) is 7.99. The van der Waals surface area contributed by atoms with Crippen LogP contribution in [0.4, 0.5) is 23.1 Å². The van der Waals surface area contributed by atoms with Crippen LogP contribution in [-0.2, 0) is 9.84 Å². The fourth-order valence-corrected chi connectivity index (χ4v) is 6.83. The maximum Gasteiger partial charge on any atom is 0.351 e. The van der Waals surface area contributed by atoms with E-state index in [1.165, 1.54) is 11.1 Å². The summed E-state index contributed by atoms with van der Waals surface area (Å²) in [5, 5.41) is 7.11. The highest BCUT2D eigenvalue weighted by atomic mass is 32.2. The minimum atomic E-state index is -3.52. The van der Waals surface area contributed by atoms with Crippen LogP contribution in [0, 0.1) is 13.8 Å².